The molecule has 0 fully saturated rings. The van der Waals surface area contributed by atoms with Gasteiger partial charge in [0.1, 0.15) is 9.20 Å². The molecule has 0 amide bonds. The van der Waals surface area contributed by atoms with E-state index in [4.69, 9.17) is 5.26 Å². The highest BCUT2D eigenvalue weighted by molar-refractivity contribution is 7.07. The van der Waals surface area contributed by atoms with E-state index < -0.39 is 11.5 Å². The van der Waals surface area contributed by atoms with Crippen molar-refractivity contribution in [2.24, 2.45) is 0 Å². The number of nitriles is 1. The number of nitrogens with zero attached hydrogens (tertiary/aromatic N) is 1. The molecule has 1 aromatic rings. The van der Waals surface area contributed by atoms with Gasteiger partial charge in [0.25, 0.3) is 5.56 Å². The Labute approximate surface area is 82.6 Å². The molecule has 0 aliphatic heterocycles. The van der Waals surface area contributed by atoms with E-state index in [9.17, 15) is 9.59 Å². The van der Waals surface area contributed by atoms with Crippen LogP contribution in [0.4, 0.5) is 0 Å². The number of ether oxygens (including phenoxy) is 1. The number of H-pyrrole nitrogens is 1. The SMILES string of the molecule is COC(=O)/C=c1\s/c(=C/C#N)[nH]c1=O. The molecule has 0 saturated heterocycles. The highest BCUT2D eigenvalue weighted by Crippen LogP contribution is 1.75. The van der Waals surface area contributed by atoms with Crippen LogP contribution in [0.25, 0.3) is 12.2 Å². The number of thiazole rings is 1. The fourth-order valence-corrected chi connectivity index (χ4v) is 1.54. The zero-order valence-corrected chi connectivity index (χ0v) is 8.05. The zero-order valence-electron chi connectivity index (χ0n) is 7.23. The summed E-state index contributed by atoms with van der Waals surface area (Å²) in [5.41, 5.74) is -0.401. The van der Waals surface area contributed by atoms with Crippen molar-refractivity contribution >= 4 is 29.5 Å². The predicted octanol–water partition coefficient (Wildman–Crippen LogP) is -1.31. The number of rotatable bonds is 1. The number of methoxy groups -OCH3 is 1. The van der Waals surface area contributed by atoms with Gasteiger partial charge in [-0.05, 0) is 0 Å². The van der Waals surface area contributed by atoms with E-state index >= 15 is 0 Å². The van der Waals surface area contributed by atoms with Crippen molar-refractivity contribution in [1.29, 1.82) is 5.26 Å². The van der Waals surface area contributed by atoms with E-state index in [-0.39, 0.29) is 4.53 Å². The second-order valence-corrected chi connectivity index (χ2v) is 3.31. The molecule has 0 radical (unpaired) electrons. The van der Waals surface area contributed by atoms with Gasteiger partial charge in [-0.15, -0.1) is 11.3 Å². The molecule has 1 N–H and O–H groups in total. The molecular weight excluding hydrogens is 204 g/mol. The number of hydrogen-bond acceptors (Lipinski definition) is 5. The fourth-order valence-electron chi connectivity index (χ4n) is 0.749. The molecular formula is C8H6N2O3S. The Balaban J connectivity index is 3.33. The third-order valence-electron chi connectivity index (χ3n) is 1.33. The number of nitrogens with one attached hydrogen (secondary N) is 1. The quantitative estimate of drug-likeness (QED) is 0.584. The lowest BCUT2D eigenvalue weighted by atomic mass is 10.6. The van der Waals surface area contributed by atoms with E-state index in [0.29, 0.717) is 4.66 Å². The lowest BCUT2D eigenvalue weighted by Crippen LogP contribution is -2.21. The molecule has 0 unspecified atom stereocenters. The summed E-state index contributed by atoms with van der Waals surface area (Å²) in [4.78, 5) is 24.4. The van der Waals surface area contributed by atoms with Gasteiger partial charge in [0.05, 0.1) is 13.2 Å². The molecule has 5 nitrogen and oxygen atoms in total. The minimum Gasteiger partial charge on any atom is -0.466 e. The highest BCUT2D eigenvalue weighted by atomic mass is 32.1. The Hall–Kier alpha value is -1.87. The minimum atomic E-state index is -0.596. The van der Waals surface area contributed by atoms with Crippen LogP contribution in [0.3, 0.4) is 0 Å². The Morgan fingerprint density at radius 3 is 3.00 bits per heavy atom. The van der Waals surface area contributed by atoms with Gasteiger partial charge in [-0.1, -0.05) is 0 Å². The van der Waals surface area contributed by atoms with Gasteiger partial charge in [-0.25, -0.2) is 4.79 Å². The summed E-state index contributed by atoms with van der Waals surface area (Å²) in [5.74, 6) is -0.596. The maximum absolute atomic E-state index is 11.2. The number of esters is 1. The van der Waals surface area contributed by atoms with Crippen LogP contribution < -0.4 is 14.8 Å². The smallest absolute Gasteiger partial charge is 0.332 e. The van der Waals surface area contributed by atoms with Gasteiger partial charge in [-0.2, -0.15) is 5.26 Å². The van der Waals surface area contributed by atoms with Crippen LogP contribution in [0.5, 0.6) is 0 Å². The maximum atomic E-state index is 11.2. The average molecular weight is 210 g/mol. The summed E-state index contributed by atoms with van der Waals surface area (Å²) in [6.45, 7) is 0. The summed E-state index contributed by atoms with van der Waals surface area (Å²) in [6.07, 6.45) is 2.28. The van der Waals surface area contributed by atoms with E-state index in [2.05, 4.69) is 9.72 Å². The standard InChI is InChI=1S/C8H6N2O3S/c1-13-7(11)4-5-8(12)10-6(14-5)2-3-9/h2,4H,1H3,(H,10,12)/b5-4-,6-2+. The second kappa shape index (κ2) is 4.39. The first kappa shape index (κ1) is 10.2. The molecule has 0 aromatic carbocycles. The molecule has 0 spiro atoms. The molecule has 0 aliphatic carbocycles. The molecule has 6 heteroatoms. The largest absolute Gasteiger partial charge is 0.466 e. The summed E-state index contributed by atoms with van der Waals surface area (Å²) in [5, 5.41) is 8.33. The average Bonchev–Trinajstić information content (AvgIpc) is 2.47. The molecule has 1 heterocycles. The van der Waals surface area contributed by atoms with Crippen LogP contribution in [0.1, 0.15) is 0 Å². The molecule has 0 aliphatic rings. The van der Waals surface area contributed by atoms with Crippen LogP contribution in [0.15, 0.2) is 4.79 Å². The first-order valence-electron chi connectivity index (χ1n) is 3.56. The van der Waals surface area contributed by atoms with Gasteiger partial charge in [0, 0.05) is 12.2 Å². The van der Waals surface area contributed by atoms with Crippen molar-refractivity contribution in [3.63, 3.8) is 0 Å². The van der Waals surface area contributed by atoms with Crippen molar-refractivity contribution in [1.82, 2.24) is 4.98 Å². The summed E-state index contributed by atoms with van der Waals surface area (Å²) < 4.78 is 4.99. The van der Waals surface area contributed by atoms with Crippen LogP contribution in [-0.4, -0.2) is 18.1 Å². The first-order chi connectivity index (χ1) is 6.67. The lowest BCUT2D eigenvalue weighted by molar-refractivity contribution is -0.133. The Bertz CT molecular complexity index is 546. The van der Waals surface area contributed by atoms with Crippen LogP contribution in [0.2, 0.25) is 0 Å². The van der Waals surface area contributed by atoms with E-state index in [1.807, 2.05) is 0 Å². The monoisotopic (exact) mass is 210 g/mol. The number of carbonyl (C=O) groups is 1. The van der Waals surface area contributed by atoms with Gasteiger partial charge in [0.15, 0.2) is 0 Å². The number of aromatic amines is 1. The lowest BCUT2D eigenvalue weighted by Gasteiger charge is -1.85. The summed E-state index contributed by atoms with van der Waals surface area (Å²) in [7, 11) is 1.23. The van der Waals surface area contributed by atoms with Crippen molar-refractivity contribution in [3.05, 3.63) is 19.5 Å². The number of carbonyl (C=O) groups excluding carboxylic acids is 1. The molecule has 0 atom stereocenters. The maximum Gasteiger partial charge on any atom is 0.332 e. The van der Waals surface area contributed by atoms with Gasteiger partial charge < -0.3 is 9.72 Å². The van der Waals surface area contributed by atoms with Gasteiger partial charge in [-0.3, -0.25) is 4.79 Å². The van der Waals surface area contributed by atoms with Crippen molar-refractivity contribution in [3.8, 4) is 6.07 Å². The molecule has 1 aromatic heterocycles. The second-order valence-electron chi connectivity index (χ2n) is 2.23. The molecule has 14 heavy (non-hydrogen) atoms. The van der Waals surface area contributed by atoms with E-state index in [1.165, 1.54) is 13.2 Å². The van der Waals surface area contributed by atoms with Crippen LogP contribution in [0, 0.1) is 11.3 Å². The molecule has 0 saturated carbocycles. The summed E-state index contributed by atoms with van der Waals surface area (Å²) in [6, 6.07) is 1.78. The van der Waals surface area contributed by atoms with Crippen molar-refractivity contribution in [2.45, 2.75) is 0 Å². The van der Waals surface area contributed by atoms with E-state index in [1.54, 1.807) is 6.07 Å². The Kier molecular flexibility index (Phi) is 3.20. The predicted molar refractivity (Wildman–Crippen MR) is 50.7 cm³/mol. The van der Waals surface area contributed by atoms with E-state index in [0.717, 1.165) is 17.4 Å². The zero-order chi connectivity index (χ0) is 10.6. The van der Waals surface area contributed by atoms with Crippen molar-refractivity contribution in [2.75, 3.05) is 7.11 Å². The first-order valence-corrected chi connectivity index (χ1v) is 4.37. The van der Waals surface area contributed by atoms with Crippen LogP contribution >= 0.6 is 11.3 Å². The summed E-state index contributed by atoms with van der Waals surface area (Å²) >= 11 is 1.03. The fraction of sp³-hybridized carbons (Fsp3) is 0.125. The molecule has 72 valence electrons. The minimum absolute atomic E-state index is 0.221. The topological polar surface area (TPSA) is 82.9 Å². The number of aromatic nitrogens is 1. The van der Waals surface area contributed by atoms with Gasteiger partial charge in [0.2, 0.25) is 0 Å². The number of hydrogen-bond donors (Lipinski definition) is 1. The highest BCUT2D eigenvalue weighted by Gasteiger charge is 1.97. The molecule has 1 rings (SSSR count). The third-order valence-corrected chi connectivity index (χ3v) is 2.29. The van der Waals surface area contributed by atoms with Crippen LogP contribution in [-0.2, 0) is 9.53 Å². The van der Waals surface area contributed by atoms with Gasteiger partial charge >= 0.3 is 5.97 Å². The Morgan fingerprint density at radius 2 is 2.43 bits per heavy atom. The molecule has 0 bridgehead atoms. The Morgan fingerprint density at radius 1 is 1.71 bits per heavy atom. The normalized spacial score (nSPS) is 12.6. The van der Waals surface area contributed by atoms with Crippen molar-refractivity contribution < 1.29 is 9.53 Å². The third kappa shape index (κ3) is 2.31.